The fourth-order valence-corrected chi connectivity index (χ4v) is 0.432. The van der Waals surface area contributed by atoms with E-state index >= 15 is 0 Å². The molecule has 0 fully saturated rings. The molecule has 0 aliphatic rings. The van der Waals surface area contributed by atoms with Gasteiger partial charge in [0, 0.05) is 31.0 Å². The average molecular weight is 263 g/mol. The number of hydrogen-bond acceptors (Lipinski definition) is 4. The maximum atomic E-state index is 10.4. The number of nitrogens with two attached hydrogens (primary N) is 1. The molecule has 0 heterocycles. The van der Waals surface area contributed by atoms with Gasteiger partial charge in [0.05, 0.1) is 0 Å². The van der Waals surface area contributed by atoms with Crippen molar-refractivity contribution < 1.29 is 4.79 Å². The average Bonchev–Trinajstić information content (AvgIpc) is 2.14. The highest BCUT2D eigenvalue weighted by Gasteiger charge is 1.90. The Morgan fingerprint density at radius 1 is 1.36 bits per heavy atom. The van der Waals surface area contributed by atoms with Crippen molar-refractivity contribution in [2.24, 2.45) is 5.73 Å². The minimum atomic E-state index is 0. The molecule has 0 spiro atoms. The Labute approximate surface area is 105 Å². The molecule has 0 aromatic rings. The molecule has 0 saturated heterocycles. The van der Waals surface area contributed by atoms with Crippen molar-refractivity contribution in [3.8, 4) is 0 Å². The second-order valence-electron chi connectivity index (χ2n) is 1.94. The Kier molecular flexibility index (Phi) is 39.9. The Hall–Kier alpha value is 0.420. The number of nitrogens with one attached hydrogen (secondary N) is 1. The topological polar surface area (TPSA) is 55.1 Å². The van der Waals surface area contributed by atoms with Crippen molar-refractivity contribution in [2.45, 2.75) is 20.8 Å². The van der Waals surface area contributed by atoms with E-state index in [0.29, 0.717) is 25.3 Å². The molecular formula is C8H23ClN2OS2. The molecule has 0 aromatic carbocycles. The number of halogens is 1. The Morgan fingerprint density at radius 2 is 1.79 bits per heavy atom. The molecule has 0 bridgehead atoms. The lowest BCUT2D eigenvalue weighted by atomic mass is 10.4. The smallest absolute Gasteiger partial charge is 0.219 e. The zero-order valence-corrected chi connectivity index (χ0v) is 10.4. The molecule has 90 valence electrons. The summed E-state index contributed by atoms with van der Waals surface area (Å²) in [4.78, 5) is 10.4. The van der Waals surface area contributed by atoms with Crippen LogP contribution in [0.3, 0.4) is 0 Å². The summed E-state index contributed by atoms with van der Waals surface area (Å²) >= 11 is 7.71. The van der Waals surface area contributed by atoms with Crippen LogP contribution < -0.4 is 11.1 Å². The fourth-order valence-electron chi connectivity index (χ4n) is 0.320. The predicted molar refractivity (Wildman–Crippen MR) is 74.0 cm³/mol. The highest BCUT2D eigenvalue weighted by molar-refractivity contribution is 7.80. The molecule has 0 rings (SSSR count). The van der Waals surface area contributed by atoms with Gasteiger partial charge in [-0.25, -0.2) is 0 Å². The highest BCUT2D eigenvalue weighted by atomic mass is 35.5. The van der Waals surface area contributed by atoms with Crippen LogP contribution in [0.15, 0.2) is 0 Å². The molecule has 0 atom stereocenters. The monoisotopic (exact) mass is 262 g/mol. The molecule has 0 radical (unpaired) electrons. The van der Waals surface area contributed by atoms with Crippen LogP contribution in [0.2, 0.25) is 0 Å². The third-order valence-electron chi connectivity index (χ3n) is 0.884. The molecule has 1 amide bonds. The molecular weight excluding hydrogens is 240 g/mol. The van der Waals surface area contributed by atoms with E-state index in [9.17, 15) is 4.79 Å². The summed E-state index contributed by atoms with van der Waals surface area (Å²) in [6.45, 7) is 3.19. The van der Waals surface area contributed by atoms with Gasteiger partial charge in [-0.2, -0.15) is 25.3 Å². The van der Waals surface area contributed by atoms with Crippen LogP contribution in [-0.2, 0) is 4.79 Å². The van der Waals surface area contributed by atoms with Crippen molar-refractivity contribution in [3.05, 3.63) is 0 Å². The van der Waals surface area contributed by atoms with Crippen LogP contribution in [-0.4, -0.2) is 30.5 Å². The highest BCUT2D eigenvalue weighted by Crippen LogP contribution is 1.74. The van der Waals surface area contributed by atoms with Gasteiger partial charge in [-0.05, 0) is 0 Å². The first kappa shape index (κ1) is 23.9. The summed E-state index contributed by atoms with van der Waals surface area (Å²) in [6, 6.07) is 0. The van der Waals surface area contributed by atoms with Gasteiger partial charge in [0.1, 0.15) is 0 Å². The fraction of sp³-hybridized carbons (Fsp3) is 0.875. The lowest BCUT2D eigenvalue weighted by molar-refractivity contribution is -0.120. The van der Waals surface area contributed by atoms with E-state index in [0.717, 1.165) is 5.75 Å². The maximum absolute atomic E-state index is 10.4. The number of hydrogen-bond donors (Lipinski definition) is 4. The summed E-state index contributed by atoms with van der Waals surface area (Å²) in [6.07, 6.45) is 0.563. The Bertz CT molecular complexity index is 105. The number of carbonyl (C=O) groups excluding carboxylic acids is 1. The van der Waals surface area contributed by atoms with Gasteiger partial charge >= 0.3 is 0 Å². The van der Waals surface area contributed by atoms with Crippen molar-refractivity contribution in [1.82, 2.24) is 5.32 Å². The molecule has 0 aliphatic carbocycles. The molecule has 3 nitrogen and oxygen atoms in total. The molecule has 0 aromatic heterocycles. The number of carbonyl (C=O) groups is 1. The lowest BCUT2D eigenvalue weighted by Crippen LogP contribution is -2.23. The first-order valence-electron chi connectivity index (χ1n) is 3.91. The van der Waals surface area contributed by atoms with Gasteiger partial charge in [-0.1, -0.05) is 14.4 Å². The van der Waals surface area contributed by atoms with E-state index in [-0.39, 0.29) is 25.7 Å². The van der Waals surface area contributed by atoms with Crippen LogP contribution in [0.25, 0.3) is 0 Å². The first-order chi connectivity index (χ1) is 5.72. The van der Waals surface area contributed by atoms with E-state index in [4.69, 9.17) is 5.73 Å². The van der Waals surface area contributed by atoms with Crippen LogP contribution in [0.1, 0.15) is 20.8 Å². The van der Waals surface area contributed by atoms with Gasteiger partial charge < -0.3 is 11.1 Å². The molecule has 14 heavy (non-hydrogen) atoms. The van der Waals surface area contributed by atoms with Gasteiger partial charge in [0.2, 0.25) is 5.91 Å². The zero-order chi connectivity index (χ0) is 9.82. The van der Waals surface area contributed by atoms with Crippen molar-refractivity contribution >= 4 is 43.6 Å². The molecule has 3 N–H and O–H groups in total. The van der Waals surface area contributed by atoms with Gasteiger partial charge in [0.25, 0.3) is 0 Å². The van der Waals surface area contributed by atoms with Crippen molar-refractivity contribution in [1.29, 1.82) is 0 Å². The van der Waals surface area contributed by atoms with Crippen molar-refractivity contribution in [3.63, 3.8) is 0 Å². The van der Waals surface area contributed by atoms with E-state index in [1.54, 1.807) is 0 Å². The summed E-state index contributed by atoms with van der Waals surface area (Å²) in [7, 11) is 0. The second kappa shape index (κ2) is 23.3. The SMILES string of the molecule is C.CCC(=O)NCCS.Cl.NCCS. The standard InChI is InChI=1S/C5H11NOS.C2H7NS.CH4.ClH/c1-2-5(7)6-3-4-8;3-1-2-4;;/h8H,2-4H2,1H3,(H,6,7);4H,1-3H2;1H4;1H. The first-order valence-corrected chi connectivity index (χ1v) is 5.17. The van der Waals surface area contributed by atoms with Crippen LogP contribution in [0.4, 0.5) is 0 Å². The summed E-state index contributed by atoms with van der Waals surface area (Å²) in [5.41, 5.74) is 4.95. The number of rotatable bonds is 4. The molecule has 0 aliphatic heterocycles. The van der Waals surface area contributed by atoms with E-state index in [2.05, 4.69) is 30.6 Å². The van der Waals surface area contributed by atoms with Gasteiger partial charge in [-0.15, -0.1) is 12.4 Å². The van der Waals surface area contributed by atoms with E-state index in [1.165, 1.54) is 0 Å². The van der Waals surface area contributed by atoms with Gasteiger partial charge in [-0.3, -0.25) is 4.79 Å². The Balaban J connectivity index is -0.0000000733. The third kappa shape index (κ3) is 29.4. The largest absolute Gasteiger partial charge is 0.355 e. The molecule has 0 saturated carbocycles. The van der Waals surface area contributed by atoms with Crippen molar-refractivity contribution in [2.75, 3.05) is 24.6 Å². The number of amides is 1. The van der Waals surface area contributed by atoms with Crippen LogP contribution in [0, 0.1) is 0 Å². The quantitative estimate of drug-likeness (QED) is 0.579. The van der Waals surface area contributed by atoms with E-state index < -0.39 is 0 Å². The molecule has 6 heteroatoms. The summed E-state index contributed by atoms with van der Waals surface area (Å²) in [5.74, 6) is 1.60. The second-order valence-corrected chi connectivity index (χ2v) is 2.83. The minimum Gasteiger partial charge on any atom is -0.355 e. The number of thiol groups is 2. The third-order valence-corrected chi connectivity index (χ3v) is 1.37. The lowest BCUT2D eigenvalue weighted by Gasteiger charge is -1.96. The summed E-state index contributed by atoms with van der Waals surface area (Å²) in [5, 5.41) is 2.67. The summed E-state index contributed by atoms with van der Waals surface area (Å²) < 4.78 is 0. The van der Waals surface area contributed by atoms with Crippen LogP contribution in [0.5, 0.6) is 0 Å². The minimum absolute atomic E-state index is 0. The normalized spacial score (nSPS) is 7.14. The maximum Gasteiger partial charge on any atom is 0.219 e. The van der Waals surface area contributed by atoms with Crippen LogP contribution >= 0.6 is 37.7 Å². The molecule has 0 unspecified atom stereocenters. The predicted octanol–water partition coefficient (Wildman–Crippen LogP) is 1.38. The zero-order valence-electron chi connectivity index (χ0n) is 7.82. The Morgan fingerprint density at radius 3 is 2.00 bits per heavy atom. The van der Waals surface area contributed by atoms with E-state index in [1.807, 2.05) is 6.92 Å². The van der Waals surface area contributed by atoms with Gasteiger partial charge in [0.15, 0.2) is 0 Å².